The van der Waals surface area contributed by atoms with Crippen LogP contribution in [0.25, 0.3) is 5.82 Å². The van der Waals surface area contributed by atoms with Crippen molar-refractivity contribution in [1.82, 2.24) is 29.9 Å². The van der Waals surface area contributed by atoms with Crippen LogP contribution in [-0.2, 0) is 18.4 Å². The number of para-hydroxylation sites is 1. The average molecular weight is 338 g/mol. The molecule has 0 spiro atoms. The predicted octanol–water partition coefficient (Wildman–Crippen LogP) is 1.53. The lowest BCUT2D eigenvalue weighted by molar-refractivity contribution is -0.119. The standard InChI is InChI=1S/C17H18N6O2/c1-22-16(9-10-18-22)23-17(13-7-8-15(24)19-13)20-14(21-23)11-25-12-5-3-2-4-6-12/h2-6,9-10,13H,7-8,11H2,1H3,(H,19,24). The van der Waals surface area contributed by atoms with Crippen LogP contribution in [0.15, 0.2) is 42.6 Å². The summed E-state index contributed by atoms with van der Waals surface area (Å²) in [7, 11) is 1.84. The summed E-state index contributed by atoms with van der Waals surface area (Å²) >= 11 is 0. The molecule has 1 fully saturated rings. The van der Waals surface area contributed by atoms with Gasteiger partial charge in [0.2, 0.25) is 5.91 Å². The Kier molecular flexibility index (Phi) is 3.93. The van der Waals surface area contributed by atoms with Crippen LogP contribution in [0.2, 0.25) is 0 Å². The molecule has 128 valence electrons. The molecule has 0 radical (unpaired) electrons. The second-order valence-corrected chi connectivity index (χ2v) is 5.87. The molecule has 2 aromatic heterocycles. The Bertz CT molecular complexity index is 886. The predicted molar refractivity (Wildman–Crippen MR) is 89.0 cm³/mol. The van der Waals surface area contributed by atoms with Gasteiger partial charge in [0.1, 0.15) is 12.4 Å². The van der Waals surface area contributed by atoms with Gasteiger partial charge in [0, 0.05) is 19.5 Å². The molecule has 8 nitrogen and oxygen atoms in total. The number of hydrogen-bond acceptors (Lipinski definition) is 5. The van der Waals surface area contributed by atoms with Gasteiger partial charge in [0.25, 0.3) is 0 Å². The van der Waals surface area contributed by atoms with Gasteiger partial charge < -0.3 is 10.1 Å². The van der Waals surface area contributed by atoms with Crippen LogP contribution in [-0.4, -0.2) is 30.5 Å². The van der Waals surface area contributed by atoms with Crippen molar-refractivity contribution in [1.29, 1.82) is 0 Å². The van der Waals surface area contributed by atoms with Gasteiger partial charge in [0.15, 0.2) is 17.5 Å². The minimum Gasteiger partial charge on any atom is -0.486 e. The largest absolute Gasteiger partial charge is 0.486 e. The van der Waals surface area contributed by atoms with Crippen LogP contribution in [0, 0.1) is 0 Å². The van der Waals surface area contributed by atoms with E-state index in [-0.39, 0.29) is 18.6 Å². The molecule has 4 rings (SSSR count). The van der Waals surface area contributed by atoms with E-state index in [4.69, 9.17) is 4.74 Å². The van der Waals surface area contributed by atoms with Crippen molar-refractivity contribution in [3.8, 4) is 11.6 Å². The van der Waals surface area contributed by atoms with Crippen molar-refractivity contribution in [2.75, 3.05) is 0 Å². The lowest BCUT2D eigenvalue weighted by atomic mass is 10.2. The summed E-state index contributed by atoms with van der Waals surface area (Å²) < 4.78 is 9.19. The molecule has 25 heavy (non-hydrogen) atoms. The van der Waals surface area contributed by atoms with E-state index >= 15 is 0 Å². The van der Waals surface area contributed by atoms with Crippen molar-refractivity contribution >= 4 is 5.91 Å². The minimum atomic E-state index is -0.152. The van der Waals surface area contributed by atoms with Crippen molar-refractivity contribution in [2.24, 2.45) is 7.05 Å². The smallest absolute Gasteiger partial charge is 0.220 e. The number of amides is 1. The number of benzene rings is 1. The Hall–Kier alpha value is -3.16. The fraction of sp³-hybridized carbons (Fsp3) is 0.294. The van der Waals surface area contributed by atoms with Crippen molar-refractivity contribution < 1.29 is 9.53 Å². The Morgan fingerprint density at radius 3 is 2.80 bits per heavy atom. The number of rotatable bonds is 5. The summed E-state index contributed by atoms with van der Waals surface area (Å²) in [5.41, 5.74) is 0. The van der Waals surface area contributed by atoms with Gasteiger partial charge in [-0.15, -0.1) is 5.10 Å². The second-order valence-electron chi connectivity index (χ2n) is 5.87. The van der Waals surface area contributed by atoms with Crippen molar-refractivity contribution in [3.05, 3.63) is 54.2 Å². The van der Waals surface area contributed by atoms with Gasteiger partial charge >= 0.3 is 0 Å². The molecular weight excluding hydrogens is 320 g/mol. The number of hydrogen-bond donors (Lipinski definition) is 1. The summed E-state index contributed by atoms with van der Waals surface area (Å²) in [6.45, 7) is 0.253. The van der Waals surface area contributed by atoms with Gasteiger partial charge in [0.05, 0.1) is 12.2 Å². The molecule has 3 heterocycles. The summed E-state index contributed by atoms with van der Waals surface area (Å²) in [6, 6.07) is 11.2. The first-order valence-corrected chi connectivity index (χ1v) is 8.12. The van der Waals surface area contributed by atoms with Gasteiger partial charge in [-0.05, 0) is 18.6 Å². The van der Waals surface area contributed by atoms with Gasteiger partial charge in [-0.2, -0.15) is 9.78 Å². The fourth-order valence-electron chi connectivity index (χ4n) is 2.87. The highest BCUT2D eigenvalue weighted by atomic mass is 16.5. The molecule has 8 heteroatoms. The van der Waals surface area contributed by atoms with E-state index in [0.29, 0.717) is 24.5 Å². The first-order valence-electron chi connectivity index (χ1n) is 8.12. The lowest BCUT2D eigenvalue weighted by Crippen LogP contribution is -2.22. The number of carbonyl (C=O) groups excluding carboxylic acids is 1. The van der Waals surface area contributed by atoms with Crippen LogP contribution in [0.5, 0.6) is 5.75 Å². The van der Waals surface area contributed by atoms with E-state index in [2.05, 4.69) is 20.5 Å². The Balaban J connectivity index is 1.63. The third kappa shape index (κ3) is 3.10. The number of carbonyl (C=O) groups is 1. The quantitative estimate of drug-likeness (QED) is 0.762. The fourth-order valence-corrected chi connectivity index (χ4v) is 2.87. The first kappa shape index (κ1) is 15.4. The van der Waals surface area contributed by atoms with E-state index in [1.54, 1.807) is 15.6 Å². The van der Waals surface area contributed by atoms with E-state index in [9.17, 15) is 4.79 Å². The van der Waals surface area contributed by atoms with Crippen LogP contribution in [0.4, 0.5) is 0 Å². The topological polar surface area (TPSA) is 86.9 Å². The average Bonchev–Trinajstić information content (AvgIpc) is 3.33. The molecular formula is C17H18N6O2. The zero-order valence-corrected chi connectivity index (χ0v) is 13.8. The third-order valence-electron chi connectivity index (χ3n) is 4.11. The maximum absolute atomic E-state index is 11.6. The summed E-state index contributed by atoms with van der Waals surface area (Å²) in [6.07, 6.45) is 2.90. The summed E-state index contributed by atoms with van der Waals surface area (Å²) in [5, 5.41) is 11.7. The van der Waals surface area contributed by atoms with Gasteiger partial charge in [-0.3, -0.25) is 9.48 Å². The molecule has 1 atom stereocenters. The highest BCUT2D eigenvalue weighted by Gasteiger charge is 2.29. The van der Waals surface area contributed by atoms with Crippen LogP contribution in [0.3, 0.4) is 0 Å². The number of nitrogens with zero attached hydrogens (tertiary/aromatic N) is 5. The van der Waals surface area contributed by atoms with Crippen LogP contribution >= 0.6 is 0 Å². The Labute approximate surface area is 144 Å². The molecule has 0 aliphatic carbocycles. The van der Waals surface area contributed by atoms with E-state index in [1.165, 1.54) is 0 Å². The number of aryl methyl sites for hydroxylation is 1. The molecule has 0 bridgehead atoms. The van der Waals surface area contributed by atoms with Crippen LogP contribution in [0.1, 0.15) is 30.5 Å². The first-order chi connectivity index (χ1) is 12.2. The molecule has 1 aromatic carbocycles. The molecule has 1 aliphatic rings. The van der Waals surface area contributed by atoms with E-state index < -0.39 is 0 Å². The lowest BCUT2D eigenvalue weighted by Gasteiger charge is -2.11. The molecule has 1 saturated heterocycles. The molecule has 1 N–H and O–H groups in total. The zero-order chi connectivity index (χ0) is 17.2. The third-order valence-corrected chi connectivity index (χ3v) is 4.11. The molecule has 0 saturated carbocycles. The highest BCUT2D eigenvalue weighted by molar-refractivity contribution is 5.78. The van der Waals surface area contributed by atoms with Gasteiger partial charge in [-0.25, -0.2) is 4.98 Å². The summed E-state index contributed by atoms with van der Waals surface area (Å²) in [5.74, 6) is 2.83. The molecule has 1 aliphatic heterocycles. The Morgan fingerprint density at radius 2 is 2.12 bits per heavy atom. The molecule has 1 unspecified atom stereocenters. The normalized spacial score (nSPS) is 16.8. The maximum Gasteiger partial charge on any atom is 0.220 e. The van der Waals surface area contributed by atoms with E-state index in [1.807, 2.05) is 43.4 Å². The number of nitrogens with one attached hydrogen (secondary N) is 1. The molecule has 3 aromatic rings. The SMILES string of the molecule is Cn1nccc1-n1nc(COc2ccccc2)nc1C1CCC(=O)N1. The van der Waals surface area contributed by atoms with Gasteiger partial charge in [-0.1, -0.05) is 18.2 Å². The minimum absolute atomic E-state index is 0.0339. The van der Waals surface area contributed by atoms with E-state index in [0.717, 1.165) is 11.6 Å². The van der Waals surface area contributed by atoms with Crippen molar-refractivity contribution in [2.45, 2.75) is 25.5 Å². The Morgan fingerprint density at radius 1 is 1.28 bits per heavy atom. The number of aromatic nitrogens is 5. The molecule has 1 amide bonds. The maximum atomic E-state index is 11.6. The second kappa shape index (κ2) is 6.39. The highest BCUT2D eigenvalue weighted by Crippen LogP contribution is 2.24. The zero-order valence-electron chi connectivity index (χ0n) is 13.8. The summed E-state index contributed by atoms with van der Waals surface area (Å²) in [4.78, 5) is 16.2. The van der Waals surface area contributed by atoms with Crippen LogP contribution < -0.4 is 10.1 Å². The monoisotopic (exact) mass is 338 g/mol. The number of ether oxygens (including phenoxy) is 1. The van der Waals surface area contributed by atoms with Crippen molar-refractivity contribution in [3.63, 3.8) is 0 Å².